The molecule has 5 nitrogen and oxygen atoms in total. The zero-order valence-electron chi connectivity index (χ0n) is 19.0. The van der Waals surface area contributed by atoms with Crippen LogP contribution in [-0.2, 0) is 18.8 Å². The summed E-state index contributed by atoms with van der Waals surface area (Å²) in [5.74, 6) is 0. The van der Waals surface area contributed by atoms with Crippen molar-refractivity contribution in [1.82, 2.24) is 20.1 Å². The number of fused-ring (bicyclic) bond motifs is 1. The Kier molecular flexibility index (Phi) is 9.14. The monoisotopic (exact) mass is 491 g/mol. The van der Waals surface area contributed by atoms with Crippen LogP contribution in [0.15, 0.2) is 24.3 Å². The van der Waals surface area contributed by atoms with E-state index >= 15 is 0 Å². The predicted molar refractivity (Wildman–Crippen MR) is 119 cm³/mol. The number of alkyl halides is 6. The van der Waals surface area contributed by atoms with Gasteiger partial charge in [-0.15, -0.1) is 0 Å². The maximum Gasteiger partial charge on any atom is 0.433 e. The summed E-state index contributed by atoms with van der Waals surface area (Å²) in [5, 5.41) is 3.30. The second kappa shape index (κ2) is 11.7. The molecule has 190 valence electrons. The predicted octanol–water partition coefficient (Wildman–Crippen LogP) is 3.76. The summed E-state index contributed by atoms with van der Waals surface area (Å²) in [6.07, 6.45) is -7.57. The van der Waals surface area contributed by atoms with Crippen LogP contribution < -0.4 is 11.1 Å². The summed E-state index contributed by atoms with van der Waals surface area (Å²) in [6, 6.07) is 4.21. The van der Waals surface area contributed by atoms with Crippen molar-refractivity contribution in [2.24, 2.45) is 5.73 Å². The van der Waals surface area contributed by atoms with Crippen LogP contribution in [0.3, 0.4) is 0 Å². The molecule has 1 aromatic heterocycles. The Morgan fingerprint density at radius 2 is 1.53 bits per heavy atom. The standard InChI is InChI=1S/C23H31F6N5/c24-22(25,26)19-5-1-4-18-17(16-20(23(27,28)29)32-21(18)19)6-9-31-8-3-11-34-14-12-33(13-15-34)10-2-7-30/h1,4-5,16,31H,2-3,6-15,30H2. The minimum absolute atomic E-state index is 0.0946. The number of nitrogens with zero attached hydrogens (tertiary/aromatic N) is 3. The molecule has 0 radical (unpaired) electrons. The Morgan fingerprint density at radius 1 is 0.882 bits per heavy atom. The molecule has 0 atom stereocenters. The number of nitrogens with two attached hydrogens (primary N) is 1. The summed E-state index contributed by atoms with van der Waals surface area (Å²) >= 11 is 0. The second-order valence-corrected chi connectivity index (χ2v) is 8.54. The normalized spacial score (nSPS) is 16.4. The van der Waals surface area contributed by atoms with Gasteiger partial charge in [0.15, 0.2) is 0 Å². The molecule has 0 aliphatic carbocycles. The molecule has 1 aliphatic rings. The van der Waals surface area contributed by atoms with E-state index in [0.717, 1.165) is 64.2 Å². The molecular formula is C23H31F6N5. The Morgan fingerprint density at radius 3 is 2.12 bits per heavy atom. The molecule has 1 fully saturated rings. The summed E-state index contributed by atoms with van der Waals surface area (Å²) < 4.78 is 80.0. The van der Waals surface area contributed by atoms with E-state index in [2.05, 4.69) is 20.1 Å². The zero-order chi connectivity index (χ0) is 24.8. The number of halogens is 6. The van der Waals surface area contributed by atoms with Crippen LogP contribution in [-0.4, -0.2) is 73.7 Å². The molecule has 3 N–H and O–H groups in total. The highest BCUT2D eigenvalue weighted by Gasteiger charge is 2.37. The van der Waals surface area contributed by atoms with Gasteiger partial charge in [-0.05, 0) is 69.7 Å². The van der Waals surface area contributed by atoms with E-state index in [1.165, 1.54) is 12.1 Å². The van der Waals surface area contributed by atoms with Gasteiger partial charge in [-0.25, -0.2) is 4.98 Å². The van der Waals surface area contributed by atoms with Crippen molar-refractivity contribution in [2.45, 2.75) is 31.6 Å². The highest BCUT2D eigenvalue weighted by Crippen LogP contribution is 2.37. The van der Waals surface area contributed by atoms with Crippen molar-refractivity contribution in [3.63, 3.8) is 0 Å². The lowest BCUT2D eigenvalue weighted by Crippen LogP contribution is -2.47. The van der Waals surface area contributed by atoms with Crippen LogP contribution in [0, 0.1) is 0 Å². The molecule has 3 rings (SSSR count). The van der Waals surface area contributed by atoms with Crippen LogP contribution in [0.5, 0.6) is 0 Å². The molecule has 2 heterocycles. The van der Waals surface area contributed by atoms with Gasteiger partial charge in [-0.1, -0.05) is 12.1 Å². The molecule has 2 aromatic rings. The van der Waals surface area contributed by atoms with E-state index in [-0.39, 0.29) is 17.4 Å². The van der Waals surface area contributed by atoms with Gasteiger partial charge in [0.2, 0.25) is 0 Å². The van der Waals surface area contributed by atoms with Crippen LogP contribution in [0.4, 0.5) is 26.3 Å². The zero-order valence-corrected chi connectivity index (χ0v) is 19.0. The van der Waals surface area contributed by atoms with Gasteiger partial charge >= 0.3 is 12.4 Å². The molecule has 0 spiro atoms. The van der Waals surface area contributed by atoms with E-state index in [4.69, 9.17) is 5.73 Å². The summed E-state index contributed by atoms with van der Waals surface area (Å²) in [7, 11) is 0. The highest BCUT2D eigenvalue weighted by atomic mass is 19.4. The van der Waals surface area contributed by atoms with Crippen molar-refractivity contribution < 1.29 is 26.3 Å². The van der Waals surface area contributed by atoms with Crippen molar-refractivity contribution in [3.8, 4) is 0 Å². The number of piperazine rings is 1. The van der Waals surface area contributed by atoms with Crippen molar-refractivity contribution >= 4 is 10.9 Å². The molecule has 0 amide bonds. The molecule has 0 bridgehead atoms. The van der Waals surface area contributed by atoms with Gasteiger partial charge in [0.25, 0.3) is 0 Å². The van der Waals surface area contributed by atoms with Crippen molar-refractivity contribution in [2.75, 3.05) is 58.9 Å². The molecule has 0 unspecified atom stereocenters. The first-order valence-electron chi connectivity index (χ1n) is 11.5. The maximum atomic E-state index is 13.4. The van der Waals surface area contributed by atoms with E-state index in [1.807, 2.05) is 0 Å². The Bertz CT molecular complexity index is 922. The van der Waals surface area contributed by atoms with E-state index in [9.17, 15) is 26.3 Å². The number of hydrogen-bond donors (Lipinski definition) is 2. The Labute approximate surface area is 195 Å². The number of rotatable bonds is 10. The van der Waals surface area contributed by atoms with Crippen molar-refractivity contribution in [1.29, 1.82) is 0 Å². The lowest BCUT2D eigenvalue weighted by molar-refractivity contribution is -0.142. The summed E-state index contributed by atoms with van der Waals surface area (Å²) in [5.41, 5.74) is 2.62. The van der Waals surface area contributed by atoms with Crippen LogP contribution in [0.25, 0.3) is 10.9 Å². The van der Waals surface area contributed by atoms with E-state index in [0.29, 0.717) is 19.6 Å². The molecule has 0 saturated carbocycles. The first-order chi connectivity index (χ1) is 16.1. The number of benzene rings is 1. The van der Waals surface area contributed by atoms with Crippen LogP contribution in [0.1, 0.15) is 29.7 Å². The van der Waals surface area contributed by atoms with Gasteiger partial charge in [-0.2, -0.15) is 26.3 Å². The average molecular weight is 492 g/mol. The average Bonchev–Trinajstić information content (AvgIpc) is 2.78. The molecule has 1 aliphatic heterocycles. The maximum absolute atomic E-state index is 13.4. The van der Waals surface area contributed by atoms with E-state index in [1.54, 1.807) is 0 Å². The number of para-hydroxylation sites is 1. The fraction of sp³-hybridized carbons (Fsp3) is 0.609. The Hall–Kier alpha value is -1.95. The van der Waals surface area contributed by atoms with Gasteiger partial charge in [0, 0.05) is 31.6 Å². The molecular weight excluding hydrogens is 460 g/mol. The smallest absolute Gasteiger partial charge is 0.330 e. The molecule has 1 saturated heterocycles. The fourth-order valence-electron chi connectivity index (χ4n) is 4.23. The van der Waals surface area contributed by atoms with Gasteiger partial charge < -0.3 is 20.9 Å². The number of nitrogens with one attached hydrogen (secondary N) is 1. The first kappa shape index (κ1) is 26.7. The molecule has 1 aromatic carbocycles. The molecule has 11 heteroatoms. The number of aromatic nitrogens is 1. The van der Waals surface area contributed by atoms with E-state index < -0.39 is 29.1 Å². The number of pyridine rings is 1. The van der Waals surface area contributed by atoms with Crippen LogP contribution in [0.2, 0.25) is 0 Å². The summed E-state index contributed by atoms with van der Waals surface area (Å²) in [6.45, 7) is 7.70. The first-order valence-corrected chi connectivity index (χ1v) is 11.5. The second-order valence-electron chi connectivity index (χ2n) is 8.54. The highest BCUT2D eigenvalue weighted by molar-refractivity contribution is 5.86. The minimum Gasteiger partial charge on any atom is -0.330 e. The largest absolute Gasteiger partial charge is 0.433 e. The fourth-order valence-corrected chi connectivity index (χ4v) is 4.23. The summed E-state index contributed by atoms with van der Waals surface area (Å²) in [4.78, 5) is 8.11. The lowest BCUT2D eigenvalue weighted by atomic mass is 10.0. The quantitative estimate of drug-likeness (QED) is 0.392. The Balaban J connectivity index is 1.54. The van der Waals surface area contributed by atoms with Crippen molar-refractivity contribution in [3.05, 3.63) is 41.1 Å². The number of hydrogen-bond acceptors (Lipinski definition) is 5. The lowest BCUT2D eigenvalue weighted by Gasteiger charge is -2.34. The molecule has 34 heavy (non-hydrogen) atoms. The third kappa shape index (κ3) is 7.27. The third-order valence-electron chi connectivity index (χ3n) is 6.06. The third-order valence-corrected chi connectivity index (χ3v) is 6.06. The van der Waals surface area contributed by atoms with Gasteiger partial charge in [0.05, 0.1) is 11.1 Å². The van der Waals surface area contributed by atoms with Crippen LogP contribution >= 0.6 is 0 Å². The SMILES string of the molecule is NCCCN1CCN(CCCNCCc2cc(C(F)(F)F)nc3c(C(F)(F)F)cccc23)CC1. The van der Waals surface area contributed by atoms with Gasteiger partial charge in [0.1, 0.15) is 5.69 Å². The minimum atomic E-state index is -4.83. The topological polar surface area (TPSA) is 57.4 Å². The van der Waals surface area contributed by atoms with Gasteiger partial charge in [-0.3, -0.25) is 0 Å².